The van der Waals surface area contributed by atoms with Gasteiger partial charge in [0.15, 0.2) is 0 Å². The molecule has 0 bridgehead atoms. The molecule has 0 saturated heterocycles. The van der Waals surface area contributed by atoms with Crippen LogP contribution in [0.1, 0.15) is 11.3 Å². The van der Waals surface area contributed by atoms with Gasteiger partial charge in [-0.3, -0.25) is 0 Å². The van der Waals surface area contributed by atoms with E-state index in [0.717, 1.165) is 12.1 Å². The van der Waals surface area contributed by atoms with E-state index in [0.29, 0.717) is 5.76 Å². The number of anilines is 1. The summed E-state index contributed by atoms with van der Waals surface area (Å²) in [7, 11) is 1.48. The zero-order valence-corrected chi connectivity index (χ0v) is 9.99. The molecule has 0 aliphatic heterocycles. The molecule has 0 aliphatic carbocycles. The predicted molar refractivity (Wildman–Crippen MR) is 61.8 cm³/mol. The number of rotatable bonds is 4. The van der Waals surface area contributed by atoms with Gasteiger partial charge in [-0.25, -0.2) is 0 Å². The lowest BCUT2D eigenvalue weighted by Gasteiger charge is -2.11. The maximum atomic E-state index is 12.7. The fourth-order valence-corrected chi connectivity index (χ4v) is 1.41. The standard InChI is InChI=1S/C12H11F3N2O2/c1-16-10-5-8(12(13,14)15)6-11(17-10)19-7-9-3-2-4-18-9/h2-6H,7H2,1H3,(H,16,17). The molecule has 2 rings (SSSR count). The van der Waals surface area contributed by atoms with Crippen molar-refractivity contribution >= 4 is 5.82 Å². The molecule has 0 saturated carbocycles. The third-order valence-corrected chi connectivity index (χ3v) is 2.33. The van der Waals surface area contributed by atoms with Gasteiger partial charge < -0.3 is 14.5 Å². The van der Waals surface area contributed by atoms with Gasteiger partial charge in [-0.05, 0) is 18.2 Å². The summed E-state index contributed by atoms with van der Waals surface area (Å²) >= 11 is 0. The van der Waals surface area contributed by atoms with Gasteiger partial charge in [-0.2, -0.15) is 18.2 Å². The molecule has 102 valence electrons. The Labute approximate surface area is 107 Å². The second kappa shape index (κ2) is 5.21. The van der Waals surface area contributed by atoms with Crippen molar-refractivity contribution in [1.82, 2.24) is 4.98 Å². The molecule has 0 atom stereocenters. The van der Waals surface area contributed by atoms with Gasteiger partial charge in [0.1, 0.15) is 18.2 Å². The molecule has 7 heteroatoms. The minimum Gasteiger partial charge on any atom is -0.469 e. The van der Waals surface area contributed by atoms with Crippen molar-refractivity contribution in [2.24, 2.45) is 0 Å². The summed E-state index contributed by atoms with van der Waals surface area (Å²) in [6.07, 6.45) is -2.99. The van der Waals surface area contributed by atoms with Crippen molar-refractivity contribution in [3.63, 3.8) is 0 Å². The first-order valence-electron chi connectivity index (χ1n) is 5.41. The molecule has 0 fully saturated rings. The summed E-state index contributed by atoms with van der Waals surface area (Å²) in [6, 6.07) is 5.09. The zero-order chi connectivity index (χ0) is 13.9. The van der Waals surface area contributed by atoms with Crippen LogP contribution in [0.3, 0.4) is 0 Å². The molecule has 2 aromatic heterocycles. The molecule has 4 nitrogen and oxygen atoms in total. The van der Waals surface area contributed by atoms with Crippen LogP contribution in [-0.2, 0) is 12.8 Å². The van der Waals surface area contributed by atoms with Gasteiger partial charge >= 0.3 is 6.18 Å². The number of hydrogen-bond acceptors (Lipinski definition) is 4. The third-order valence-electron chi connectivity index (χ3n) is 2.33. The van der Waals surface area contributed by atoms with E-state index in [9.17, 15) is 13.2 Å². The van der Waals surface area contributed by atoms with Crippen LogP contribution in [0.2, 0.25) is 0 Å². The highest BCUT2D eigenvalue weighted by Crippen LogP contribution is 2.32. The first-order valence-corrected chi connectivity index (χ1v) is 5.41. The largest absolute Gasteiger partial charge is 0.469 e. The average molecular weight is 272 g/mol. The Morgan fingerprint density at radius 2 is 2.16 bits per heavy atom. The Kier molecular flexibility index (Phi) is 3.64. The molecule has 0 unspecified atom stereocenters. The van der Waals surface area contributed by atoms with Gasteiger partial charge in [0, 0.05) is 13.1 Å². The smallest absolute Gasteiger partial charge is 0.416 e. The zero-order valence-electron chi connectivity index (χ0n) is 9.99. The number of ether oxygens (including phenoxy) is 1. The summed E-state index contributed by atoms with van der Waals surface area (Å²) in [6.45, 7) is 0.0183. The van der Waals surface area contributed by atoms with Gasteiger partial charge in [0.2, 0.25) is 5.88 Å². The second-order valence-electron chi connectivity index (χ2n) is 3.70. The molecule has 2 heterocycles. The number of pyridine rings is 1. The number of nitrogens with zero attached hydrogens (tertiary/aromatic N) is 1. The maximum Gasteiger partial charge on any atom is 0.416 e. The summed E-state index contributed by atoms with van der Waals surface area (Å²) in [5.41, 5.74) is -0.818. The molecule has 19 heavy (non-hydrogen) atoms. The SMILES string of the molecule is CNc1cc(C(F)(F)F)cc(OCc2ccco2)n1. The first kappa shape index (κ1) is 13.3. The van der Waals surface area contributed by atoms with E-state index in [1.54, 1.807) is 12.1 Å². The van der Waals surface area contributed by atoms with Crippen molar-refractivity contribution in [3.8, 4) is 5.88 Å². The lowest BCUT2D eigenvalue weighted by atomic mass is 10.2. The van der Waals surface area contributed by atoms with Gasteiger partial charge in [-0.15, -0.1) is 0 Å². The molecule has 0 amide bonds. The average Bonchev–Trinajstić information content (AvgIpc) is 2.88. The molecular weight excluding hydrogens is 261 g/mol. The highest BCUT2D eigenvalue weighted by atomic mass is 19.4. The predicted octanol–water partition coefficient (Wildman–Crippen LogP) is 3.31. The Morgan fingerprint density at radius 3 is 2.74 bits per heavy atom. The number of aromatic nitrogens is 1. The van der Waals surface area contributed by atoms with Crippen LogP contribution in [0.15, 0.2) is 34.9 Å². The van der Waals surface area contributed by atoms with Crippen LogP contribution in [0.25, 0.3) is 0 Å². The van der Waals surface area contributed by atoms with Crippen molar-refractivity contribution in [3.05, 3.63) is 41.9 Å². The summed E-state index contributed by atoms with van der Waals surface area (Å²) < 4.78 is 48.2. The molecule has 0 aromatic carbocycles. The Balaban J connectivity index is 2.19. The normalized spacial score (nSPS) is 11.4. The van der Waals surface area contributed by atoms with Crippen LogP contribution >= 0.6 is 0 Å². The van der Waals surface area contributed by atoms with E-state index in [1.165, 1.54) is 13.3 Å². The number of nitrogens with one attached hydrogen (secondary N) is 1. The van der Waals surface area contributed by atoms with Crippen LogP contribution < -0.4 is 10.1 Å². The fraction of sp³-hybridized carbons (Fsp3) is 0.250. The Bertz CT molecular complexity index is 538. The first-order chi connectivity index (χ1) is 8.99. The number of furan rings is 1. The van der Waals surface area contributed by atoms with Gasteiger partial charge in [0.25, 0.3) is 0 Å². The maximum absolute atomic E-state index is 12.7. The van der Waals surface area contributed by atoms with Crippen molar-refractivity contribution < 1.29 is 22.3 Å². The topological polar surface area (TPSA) is 47.3 Å². The second-order valence-corrected chi connectivity index (χ2v) is 3.70. The van der Waals surface area contributed by atoms with E-state index in [1.807, 2.05) is 0 Å². The van der Waals surface area contributed by atoms with Crippen LogP contribution in [0.4, 0.5) is 19.0 Å². The van der Waals surface area contributed by atoms with Gasteiger partial charge in [-0.1, -0.05) is 0 Å². The molecule has 1 N–H and O–H groups in total. The molecule has 0 radical (unpaired) electrons. The van der Waals surface area contributed by atoms with Crippen molar-refractivity contribution in [2.45, 2.75) is 12.8 Å². The van der Waals surface area contributed by atoms with Crippen LogP contribution in [0, 0.1) is 0 Å². The van der Waals surface area contributed by atoms with Crippen molar-refractivity contribution in [2.75, 3.05) is 12.4 Å². The number of hydrogen-bond donors (Lipinski definition) is 1. The lowest BCUT2D eigenvalue weighted by molar-refractivity contribution is -0.137. The summed E-state index contributed by atoms with van der Waals surface area (Å²) in [4.78, 5) is 3.89. The minimum atomic E-state index is -4.45. The lowest BCUT2D eigenvalue weighted by Crippen LogP contribution is -2.08. The Hall–Kier alpha value is -2.18. The fourth-order valence-electron chi connectivity index (χ4n) is 1.41. The van der Waals surface area contributed by atoms with Crippen molar-refractivity contribution in [1.29, 1.82) is 0 Å². The molecule has 0 spiro atoms. The molecule has 2 aromatic rings. The molecule has 0 aliphatic rings. The summed E-state index contributed by atoms with van der Waals surface area (Å²) in [5.74, 6) is 0.477. The van der Waals surface area contributed by atoms with E-state index >= 15 is 0 Å². The monoisotopic (exact) mass is 272 g/mol. The Morgan fingerprint density at radius 1 is 1.37 bits per heavy atom. The quantitative estimate of drug-likeness (QED) is 0.927. The number of alkyl halides is 3. The van der Waals surface area contributed by atoms with Gasteiger partial charge in [0.05, 0.1) is 11.8 Å². The number of halogens is 3. The van der Waals surface area contributed by atoms with E-state index in [4.69, 9.17) is 9.15 Å². The molecular formula is C12H11F3N2O2. The van der Waals surface area contributed by atoms with E-state index in [2.05, 4.69) is 10.3 Å². The van der Waals surface area contributed by atoms with E-state index < -0.39 is 11.7 Å². The minimum absolute atomic E-state index is 0.0183. The van der Waals surface area contributed by atoms with Crippen LogP contribution in [0.5, 0.6) is 5.88 Å². The highest BCUT2D eigenvalue weighted by Gasteiger charge is 2.31. The van der Waals surface area contributed by atoms with Crippen LogP contribution in [-0.4, -0.2) is 12.0 Å². The highest BCUT2D eigenvalue weighted by molar-refractivity contribution is 5.42. The third kappa shape index (κ3) is 3.40. The van der Waals surface area contributed by atoms with E-state index in [-0.39, 0.29) is 18.3 Å². The summed E-state index contributed by atoms with van der Waals surface area (Å²) in [5, 5.41) is 2.56.